The Morgan fingerprint density at radius 2 is 1.03 bits per heavy atom. The standard InChI is InChI=1S/C31H24N4/c32-30(25-14-8-3-9-15-25)35-31(33)26-18-16-24(17-19-26)29-21-27(22-10-4-1-5-11-22)20-28(34-29)23-12-6-2-7-13-23/h1-21H,(H3,32,33,35). The summed E-state index contributed by atoms with van der Waals surface area (Å²) in [5.41, 5.74) is 13.6. The van der Waals surface area contributed by atoms with Gasteiger partial charge in [0.2, 0.25) is 0 Å². The molecule has 1 aromatic heterocycles. The Kier molecular flexibility index (Phi) is 6.27. The Morgan fingerprint density at radius 1 is 0.543 bits per heavy atom. The van der Waals surface area contributed by atoms with Crippen LogP contribution in [0, 0.1) is 5.41 Å². The highest BCUT2D eigenvalue weighted by molar-refractivity contribution is 6.09. The van der Waals surface area contributed by atoms with Crippen molar-refractivity contribution in [2.75, 3.05) is 0 Å². The van der Waals surface area contributed by atoms with Crippen LogP contribution in [-0.2, 0) is 0 Å². The quantitative estimate of drug-likeness (QED) is 0.227. The number of nitrogens with one attached hydrogen (secondary N) is 1. The highest BCUT2D eigenvalue weighted by Gasteiger charge is 2.10. The largest absolute Gasteiger partial charge is 0.383 e. The third kappa shape index (κ3) is 5.07. The maximum Gasteiger partial charge on any atom is 0.154 e. The summed E-state index contributed by atoms with van der Waals surface area (Å²) in [5.74, 6) is 0.443. The SMILES string of the molecule is N=C(/N=C(\N)c1ccccc1)c1ccc(-c2cc(-c3ccccc3)cc(-c3ccccc3)n2)cc1. The van der Waals surface area contributed by atoms with Gasteiger partial charge in [-0.25, -0.2) is 9.98 Å². The van der Waals surface area contributed by atoms with Gasteiger partial charge in [-0.2, -0.15) is 0 Å². The fourth-order valence-corrected chi connectivity index (χ4v) is 3.89. The Hall–Kier alpha value is -4.83. The molecule has 35 heavy (non-hydrogen) atoms. The van der Waals surface area contributed by atoms with Crippen LogP contribution in [0.4, 0.5) is 0 Å². The van der Waals surface area contributed by atoms with Crippen LogP contribution in [0.2, 0.25) is 0 Å². The first-order valence-electron chi connectivity index (χ1n) is 11.4. The monoisotopic (exact) mass is 452 g/mol. The van der Waals surface area contributed by atoms with Gasteiger partial charge >= 0.3 is 0 Å². The van der Waals surface area contributed by atoms with E-state index in [1.165, 1.54) is 0 Å². The van der Waals surface area contributed by atoms with Crippen molar-refractivity contribution < 1.29 is 0 Å². The molecule has 0 fully saturated rings. The fraction of sp³-hybridized carbons (Fsp3) is 0. The molecule has 4 heteroatoms. The molecule has 0 saturated carbocycles. The molecule has 0 amide bonds. The maximum atomic E-state index is 8.39. The molecule has 5 aromatic rings. The summed E-state index contributed by atoms with van der Waals surface area (Å²) in [6.07, 6.45) is 0. The molecular formula is C31H24N4. The van der Waals surface area contributed by atoms with Crippen molar-refractivity contribution >= 4 is 11.7 Å². The van der Waals surface area contributed by atoms with Crippen molar-refractivity contribution in [1.82, 2.24) is 4.98 Å². The van der Waals surface area contributed by atoms with Gasteiger partial charge in [-0.15, -0.1) is 0 Å². The van der Waals surface area contributed by atoms with E-state index in [-0.39, 0.29) is 5.84 Å². The lowest BCUT2D eigenvalue weighted by atomic mass is 9.99. The van der Waals surface area contributed by atoms with E-state index in [9.17, 15) is 0 Å². The average molecular weight is 453 g/mol. The summed E-state index contributed by atoms with van der Waals surface area (Å²) >= 11 is 0. The summed E-state index contributed by atoms with van der Waals surface area (Å²) in [5, 5.41) is 8.39. The van der Waals surface area contributed by atoms with Crippen LogP contribution in [0.25, 0.3) is 33.6 Å². The van der Waals surface area contributed by atoms with Gasteiger partial charge in [0, 0.05) is 22.3 Å². The zero-order chi connectivity index (χ0) is 24.0. The lowest BCUT2D eigenvalue weighted by molar-refractivity contribution is 1.32. The van der Waals surface area contributed by atoms with Gasteiger partial charge in [0.25, 0.3) is 0 Å². The van der Waals surface area contributed by atoms with Crippen LogP contribution in [0.1, 0.15) is 11.1 Å². The predicted molar refractivity (Wildman–Crippen MR) is 145 cm³/mol. The van der Waals surface area contributed by atoms with Crippen LogP contribution in [0.3, 0.4) is 0 Å². The van der Waals surface area contributed by atoms with Crippen molar-refractivity contribution in [3.05, 3.63) is 139 Å². The van der Waals surface area contributed by atoms with Gasteiger partial charge in [-0.3, -0.25) is 5.41 Å². The Morgan fingerprint density at radius 3 is 1.60 bits per heavy atom. The van der Waals surface area contributed by atoms with Gasteiger partial charge in [-0.1, -0.05) is 115 Å². The van der Waals surface area contributed by atoms with E-state index in [0.717, 1.165) is 39.2 Å². The highest BCUT2D eigenvalue weighted by Crippen LogP contribution is 2.30. The first-order valence-corrected chi connectivity index (χ1v) is 11.4. The Labute approximate surface area is 205 Å². The van der Waals surface area contributed by atoms with Crippen LogP contribution >= 0.6 is 0 Å². The minimum Gasteiger partial charge on any atom is -0.383 e. The second-order valence-electron chi connectivity index (χ2n) is 8.15. The number of benzene rings is 4. The predicted octanol–water partition coefficient (Wildman–Crippen LogP) is 6.81. The summed E-state index contributed by atoms with van der Waals surface area (Å²) in [4.78, 5) is 9.25. The van der Waals surface area contributed by atoms with Crippen molar-refractivity contribution in [1.29, 1.82) is 5.41 Å². The zero-order valence-corrected chi connectivity index (χ0v) is 19.1. The number of nitrogens with zero attached hydrogens (tertiary/aromatic N) is 2. The molecule has 0 radical (unpaired) electrons. The van der Waals surface area contributed by atoms with Crippen LogP contribution in [-0.4, -0.2) is 16.7 Å². The molecule has 0 aliphatic heterocycles. The number of aliphatic imine (C=N–C) groups is 1. The molecule has 0 aliphatic carbocycles. The molecule has 0 bridgehead atoms. The fourth-order valence-electron chi connectivity index (χ4n) is 3.89. The smallest absolute Gasteiger partial charge is 0.154 e. The first kappa shape index (κ1) is 22.0. The van der Waals surface area contributed by atoms with E-state index in [0.29, 0.717) is 11.4 Å². The molecule has 0 aliphatic rings. The molecule has 0 unspecified atom stereocenters. The van der Waals surface area contributed by atoms with Crippen molar-refractivity contribution in [2.24, 2.45) is 10.7 Å². The molecule has 3 N–H and O–H groups in total. The topological polar surface area (TPSA) is 75.1 Å². The van der Waals surface area contributed by atoms with E-state index in [1.807, 2.05) is 91.0 Å². The molecule has 168 valence electrons. The van der Waals surface area contributed by atoms with E-state index in [4.69, 9.17) is 16.1 Å². The number of hydrogen-bond acceptors (Lipinski definition) is 2. The summed E-state index contributed by atoms with van der Waals surface area (Å²) in [6.45, 7) is 0. The minimum absolute atomic E-state index is 0.119. The van der Waals surface area contributed by atoms with E-state index < -0.39 is 0 Å². The lowest BCUT2D eigenvalue weighted by Gasteiger charge is -2.11. The molecule has 5 rings (SSSR count). The highest BCUT2D eigenvalue weighted by atomic mass is 14.9. The zero-order valence-electron chi connectivity index (χ0n) is 19.1. The summed E-state index contributed by atoms with van der Waals surface area (Å²) < 4.78 is 0. The van der Waals surface area contributed by atoms with Crippen LogP contribution < -0.4 is 5.73 Å². The third-order valence-electron chi connectivity index (χ3n) is 5.76. The molecule has 4 nitrogen and oxygen atoms in total. The number of amidine groups is 2. The second-order valence-corrected chi connectivity index (χ2v) is 8.15. The van der Waals surface area contributed by atoms with Gasteiger partial charge in [0.1, 0.15) is 5.84 Å². The molecular weight excluding hydrogens is 428 g/mol. The third-order valence-corrected chi connectivity index (χ3v) is 5.76. The summed E-state index contributed by atoms with van der Waals surface area (Å²) in [6, 6.07) is 41.9. The molecule has 4 aromatic carbocycles. The number of aromatic nitrogens is 1. The van der Waals surface area contributed by atoms with Crippen molar-refractivity contribution in [3.63, 3.8) is 0 Å². The maximum absolute atomic E-state index is 8.39. The minimum atomic E-state index is 0.119. The lowest BCUT2D eigenvalue weighted by Crippen LogP contribution is -2.15. The molecule has 0 atom stereocenters. The Balaban J connectivity index is 1.49. The number of nitrogens with two attached hydrogens (primary N) is 1. The molecule has 1 heterocycles. The number of hydrogen-bond donors (Lipinski definition) is 2. The Bertz CT molecular complexity index is 1420. The van der Waals surface area contributed by atoms with Crippen LogP contribution in [0.15, 0.2) is 132 Å². The first-order chi connectivity index (χ1) is 17.2. The van der Waals surface area contributed by atoms with Gasteiger partial charge in [0.05, 0.1) is 11.4 Å². The van der Waals surface area contributed by atoms with Crippen molar-refractivity contribution in [2.45, 2.75) is 0 Å². The van der Waals surface area contributed by atoms with E-state index >= 15 is 0 Å². The van der Waals surface area contributed by atoms with E-state index in [1.54, 1.807) is 0 Å². The average Bonchev–Trinajstić information content (AvgIpc) is 2.94. The van der Waals surface area contributed by atoms with Gasteiger partial charge in [0.15, 0.2) is 5.84 Å². The number of pyridine rings is 1. The number of rotatable bonds is 5. The van der Waals surface area contributed by atoms with Crippen LogP contribution in [0.5, 0.6) is 0 Å². The molecule has 0 spiro atoms. The normalized spacial score (nSPS) is 11.3. The molecule has 0 saturated heterocycles. The van der Waals surface area contributed by atoms with Gasteiger partial charge in [-0.05, 0) is 23.3 Å². The van der Waals surface area contributed by atoms with Crippen molar-refractivity contribution in [3.8, 4) is 33.6 Å². The van der Waals surface area contributed by atoms with Gasteiger partial charge < -0.3 is 5.73 Å². The summed E-state index contributed by atoms with van der Waals surface area (Å²) in [7, 11) is 0. The van der Waals surface area contributed by atoms with E-state index in [2.05, 4.69) is 41.4 Å². The second kappa shape index (κ2) is 9.98.